The fourth-order valence-corrected chi connectivity index (χ4v) is 6.28. The van der Waals surface area contributed by atoms with E-state index in [2.05, 4.69) is 4.74 Å². The van der Waals surface area contributed by atoms with Crippen molar-refractivity contribution in [2.75, 3.05) is 52.9 Å². The van der Waals surface area contributed by atoms with Gasteiger partial charge in [0.1, 0.15) is 153 Å². The summed E-state index contributed by atoms with van der Waals surface area (Å²) in [7, 11) is 0. The molecule has 0 aromatic heterocycles. The van der Waals surface area contributed by atoms with Gasteiger partial charge in [0.25, 0.3) is 0 Å². The van der Waals surface area contributed by atoms with Crippen LogP contribution in [0.5, 0.6) is 0 Å². The van der Waals surface area contributed by atoms with Crippen LogP contribution in [-0.2, 0) is 23.7 Å². The Labute approximate surface area is 400 Å². The minimum Gasteiger partial charge on any atom is -0.394 e. The van der Waals surface area contributed by atoms with E-state index in [1.807, 2.05) is 0 Å². The summed E-state index contributed by atoms with van der Waals surface area (Å²) < 4.78 is 20.1. The number of rotatable bonds is 17. The van der Waals surface area contributed by atoms with Crippen molar-refractivity contribution in [3.8, 4) is 0 Å². The highest BCUT2D eigenvalue weighted by molar-refractivity contribution is 5.56. The van der Waals surface area contributed by atoms with E-state index in [4.69, 9.17) is 132 Å². The van der Waals surface area contributed by atoms with Crippen LogP contribution in [-0.4, -0.2) is 377 Å². The van der Waals surface area contributed by atoms with Gasteiger partial charge in [0.2, 0.25) is 11.6 Å². The molecule has 1 saturated carbocycles. The lowest BCUT2D eigenvalue weighted by Crippen LogP contribution is -2.63. The average molecular weight is 1060 g/mol. The van der Waals surface area contributed by atoms with Crippen LogP contribution < -0.4 is 0 Å². The van der Waals surface area contributed by atoms with E-state index >= 15 is 0 Å². The number of aliphatic hydroxyl groups excluding tert-OH is 29. The van der Waals surface area contributed by atoms with Crippen molar-refractivity contribution in [3.05, 3.63) is 0 Å². The standard InChI is InChI=1S/C12H22O11.2C6H12O6.C6H14O6.C6H12O6/c13-1-4-6(16)8(18)9(19)11(21-4)23-12(3-15)10(20)7(17)5(2-14)22-12;7-1-3-4(9)5(10)6(11,2-8)12-3;7-1-2(8)4(10)6(12)5(11)3(1)9;2*7-1-3(9)5(11)6(12)4(10)2-8/h4-11,13-20H,1-3H2;3-5,7-11H,1-2H2;1-12H;3-12H,1-2H2;1,3-6,8-12H,2H2/t4-,5-,6-,7-,8+,9-,10+,11-,12+;3-,4-,5+,6-;;3-,4+,5-,6-;3-,4+,5+,6+/m11.10/s1. The third kappa shape index (κ3) is 18.0. The number of hydrogen-bond donors (Lipinski definition) is 30. The summed E-state index contributed by atoms with van der Waals surface area (Å²) in [5.41, 5.74) is 0. The van der Waals surface area contributed by atoms with Gasteiger partial charge in [-0.05, 0) is 0 Å². The molecule has 0 aromatic rings. The maximum absolute atomic E-state index is 10.00. The molecule has 1 aliphatic carbocycles. The van der Waals surface area contributed by atoms with Crippen LogP contribution in [0.1, 0.15) is 0 Å². The highest BCUT2D eigenvalue weighted by Gasteiger charge is 2.58. The van der Waals surface area contributed by atoms with Crippen LogP contribution in [0.4, 0.5) is 0 Å². The molecule has 35 nitrogen and oxygen atoms in total. The second kappa shape index (κ2) is 32.0. The minimum atomic E-state index is -2.22. The van der Waals surface area contributed by atoms with Gasteiger partial charge in [-0.25, -0.2) is 0 Å². The van der Waals surface area contributed by atoms with Crippen molar-refractivity contribution in [2.45, 2.75) is 164 Å². The fraction of sp³-hybridized carbons (Fsp3) is 0.972. The zero-order chi connectivity index (χ0) is 55.6. The SMILES string of the molecule is O=C[C@H](O)[C@@H](O)[C@H](O)[C@H](O)CO.OC1C(O)C(O)C(O)C(O)C1O.OC[C@@H](O)[C@@H](O)[C@H](O)[C@@H](O)CO.OC[C@H]1O[C@@](CO)(O[C@H]2O[C@H](CO)[C@@H](O)[C@H](O)[C@H]2O)[C@@H](O)[C@@H]1O.OC[C@H]1O[C@](O)(CO)[C@@H](O)[C@@H]1O. The lowest BCUT2D eigenvalue weighted by atomic mass is 9.85. The Balaban J connectivity index is 0.000000896. The first-order valence-corrected chi connectivity index (χ1v) is 20.9. The molecule has 0 bridgehead atoms. The fourth-order valence-electron chi connectivity index (χ4n) is 6.28. The van der Waals surface area contributed by atoms with Gasteiger partial charge < -0.3 is 177 Å². The topological polar surface area (TPSA) is 661 Å². The monoisotopic (exact) mass is 1060 g/mol. The maximum Gasteiger partial charge on any atom is 0.224 e. The third-order valence-electron chi connectivity index (χ3n) is 11.0. The van der Waals surface area contributed by atoms with Gasteiger partial charge in [-0.1, -0.05) is 0 Å². The molecule has 21 atom stereocenters. The van der Waals surface area contributed by atoms with Gasteiger partial charge in [0, 0.05) is 0 Å². The van der Waals surface area contributed by atoms with Crippen LogP contribution in [0.3, 0.4) is 0 Å². The summed E-state index contributed by atoms with van der Waals surface area (Å²) in [6.45, 7) is -5.89. The van der Waals surface area contributed by atoms with Crippen molar-refractivity contribution >= 4 is 6.29 Å². The lowest BCUT2D eigenvalue weighted by molar-refractivity contribution is -0.383. The Morgan fingerprint density at radius 1 is 0.423 bits per heavy atom. The van der Waals surface area contributed by atoms with E-state index in [1.54, 1.807) is 0 Å². The molecule has 4 fully saturated rings. The quantitative estimate of drug-likeness (QED) is 0.0602. The van der Waals surface area contributed by atoms with Crippen molar-refractivity contribution in [2.24, 2.45) is 0 Å². The summed E-state index contributed by atoms with van der Waals surface area (Å²) >= 11 is 0. The van der Waals surface area contributed by atoms with Gasteiger partial charge >= 0.3 is 0 Å². The number of carbonyl (C=O) groups excluding carboxylic acids is 1. The molecule has 3 saturated heterocycles. The minimum absolute atomic E-state index is 0.0258. The highest BCUT2D eigenvalue weighted by atomic mass is 16.8. The van der Waals surface area contributed by atoms with E-state index in [9.17, 15) is 40.5 Å². The van der Waals surface area contributed by atoms with E-state index in [0.29, 0.717) is 0 Å². The molecule has 3 aliphatic heterocycles. The number of aldehydes is 1. The Kier molecular flexibility index (Phi) is 31.3. The molecule has 30 N–H and O–H groups in total. The predicted molar refractivity (Wildman–Crippen MR) is 216 cm³/mol. The number of ether oxygens (including phenoxy) is 4. The first kappa shape index (κ1) is 69.3. The van der Waals surface area contributed by atoms with Crippen molar-refractivity contribution in [1.82, 2.24) is 0 Å². The smallest absolute Gasteiger partial charge is 0.224 e. The van der Waals surface area contributed by atoms with Gasteiger partial charge in [-0.2, -0.15) is 0 Å². The molecular formula is C36H72O35. The Morgan fingerprint density at radius 3 is 1.04 bits per heavy atom. The molecule has 3 heterocycles. The van der Waals surface area contributed by atoms with Crippen LogP contribution in [0.15, 0.2) is 0 Å². The summed E-state index contributed by atoms with van der Waals surface area (Å²) in [6.07, 6.45) is -39.8. The van der Waals surface area contributed by atoms with Gasteiger partial charge in [0.05, 0.1) is 46.2 Å². The number of hydrogen-bond acceptors (Lipinski definition) is 35. The summed E-state index contributed by atoms with van der Waals surface area (Å²) in [4.78, 5) is 9.90. The van der Waals surface area contributed by atoms with Crippen molar-refractivity contribution < 1.29 is 177 Å². The number of aliphatic hydroxyl groups is 30. The van der Waals surface area contributed by atoms with Gasteiger partial charge in [-0.15, -0.1) is 0 Å². The zero-order valence-electron chi connectivity index (χ0n) is 37.1. The van der Waals surface area contributed by atoms with E-state index in [-0.39, 0.29) is 6.29 Å². The molecule has 4 aliphatic rings. The van der Waals surface area contributed by atoms with Crippen LogP contribution in [0.2, 0.25) is 0 Å². The third-order valence-corrected chi connectivity index (χ3v) is 11.0. The van der Waals surface area contributed by atoms with E-state index in [0.717, 1.165) is 0 Å². The number of carbonyl (C=O) groups is 1. The molecule has 0 aromatic carbocycles. The molecule has 0 unspecified atom stereocenters. The predicted octanol–water partition coefficient (Wildman–Crippen LogP) is -19.4. The normalized spacial score (nSPS) is 41.3. The summed E-state index contributed by atoms with van der Waals surface area (Å²) in [5.74, 6) is -4.38. The molecule has 4 rings (SSSR count). The van der Waals surface area contributed by atoms with Crippen LogP contribution in [0.25, 0.3) is 0 Å². The molecule has 426 valence electrons. The van der Waals surface area contributed by atoms with Crippen LogP contribution >= 0.6 is 0 Å². The highest BCUT2D eigenvalue weighted by Crippen LogP contribution is 2.36. The van der Waals surface area contributed by atoms with Crippen molar-refractivity contribution in [3.63, 3.8) is 0 Å². The van der Waals surface area contributed by atoms with Crippen molar-refractivity contribution in [1.29, 1.82) is 0 Å². The van der Waals surface area contributed by atoms with Gasteiger partial charge in [-0.3, -0.25) is 0 Å². The van der Waals surface area contributed by atoms with Gasteiger partial charge in [0.15, 0.2) is 12.6 Å². The molecule has 35 heteroatoms. The Morgan fingerprint density at radius 2 is 0.761 bits per heavy atom. The van der Waals surface area contributed by atoms with E-state index < -0.39 is 217 Å². The van der Waals surface area contributed by atoms with E-state index in [1.165, 1.54) is 0 Å². The lowest BCUT2D eigenvalue weighted by Gasteiger charge is -2.43. The largest absolute Gasteiger partial charge is 0.394 e. The van der Waals surface area contributed by atoms with Crippen LogP contribution in [0, 0.1) is 0 Å². The second-order valence-electron chi connectivity index (χ2n) is 16.1. The Hall–Kier alpha value is -1.69. The average Bonchev–Trinajstić information content (AvgIpc) is 3.77. The first-order valence-electron chi connectivity index (χ1n) is 20.9. The molecule has 0 amide bonds. The maximum atomic E-state index is 10.00. The summed E-state index contributed by atoms with van der Waals surface area (Å²) in [5, 5.41) is 271. The Bertz CT molecular complexity index is 1340. The second-order valence-corrected chi connectivity index (χ2v) is 16.1. The summed E-state index contributed by atoms with van der Waals surface area (Å²) in [6, 6.07) is 0. The zero-order valence-corrected chi connectivity index (χ0v) is 37.1. The first-order chi connectivity index (χ1) is 32.9. The molecule has 71 heavy (non-hydrogen) atoms. The molecule has 0 radical (unpaired) electrons. The molecular weight excluding hydrogens is 992 g/mol. The molecule has 0 spiro atoms.